The number of carbonyl (C=O) groups is 1. The molecule has 0 amide bonds. The lowest BCUT2D eigenvalue weighted by molar-refractivity contribution is -0.147. The summed E-state index contributed by atoms with van der Waals surface area (Å²) >= 11 is 5.89. The molecule has 0 radical (unpaired) electrons. The highest BCUT2D eigenvalue weighted by atomic mass is 35.5. The molecule has 3 nitrogen and oxygen atoms in total. The predicted molar refractivity (Wildman–Crippen MR) is 67.0 cm³/mol. The van der Waals surface area contributed by atoms with Gasteiger partial charge in [0, 0.05) is 13.1 Å². The summed E-state index contributed by atoms with van der Waals surface area (Å²) in [4.78, 5) is 13.1. The van der Waals surface area contributed by atoms with Gasteiger partial charge in [0.1, 0.15) is 5.82 Å². The number of hydrogen-bond acceptors (Lipinski definition) is 2. The number of halogens is 2. The fourth-order valence-corrected chi connectivity index (χ4v) is 2.46. The summed E-state index contributed by atoms with van der Waals surface area (Å²) in [6, 6.07) is 4.70. The quantitative estimate of drug-likeness (QED) is 0.919. The van der Waals surface area contributed by atoms with E-state index in [1.165, 1.54) is 6.07 Å². The second-order valence-corrected chi connectivity index (χ2v) is 5.42. The number of nitrogens with zero attached hydrogens (tertiary/aromatic N) is 1. The van der Waals surface area contributed by atoms with Crippen molar-refractivity contribution in [2.45, 2.75) is 19.9 Å². The van der Waals surface area contributed by atoms with E-state index in [0.717, 1.165) is 0 Å². The van der Waals surface area contributed by atoms with E-state index < -0.39 is 17.2 Å². The highest BCUT2D eigenvalue weighted by molar-refractivity contribution is 6.31. The number of hydrogen-bond donors (Lipinski definition) is 1. The lowest BCUT2D eigenvalue weighted by atomic mass is 9.90. The molecule has 18 heavy (non-hydrogen) atoms. The third-order valence-corrected chi connectivity index (χ3v) is 3.92. The Labute approximate surface area is 110 Å². The number of benzene rings is 1. The van der Waals surface area contributed by atoms with Crippen molar-refractivity contribution in [1.82, 2.24) is 4.90 Å². The molecule has 1 atom stereocenters. The normalized spacial score (nSPS) is 24.4. The molecule has 1 aromatic rings. The second-order valence-electron chi connectivity index (χ2n) is 5.04. The Morgan fingerprint density at radius 3 is 2.94 bits per heavy atom. The van der Waals surface area contributed by atoms with Crippen LogP contribution in [0.3, 0.4) is 0 Å². The largest absolute Gasteiger partial charge is 0.481 e. The maximum Gasteiger partial charge on any atom is 0.310 e. The Morgan fingerprint density at radius 1 is 1.61 bits per heavy atom. The lowest BCUT2D eigenvalue weighted by Crippen LogP contribution is -2.31. The molecule has 1 saturated heterocycles. The van der Waals surface area contributed by atoms with Crippen molar-refractivity contribution in [3.8, 4) is 0 Å². The molecular formula is C13H15ClFNO2. The van der Waals surface area contributed by atoms with Crippen molar-refractivity contribution < 1.29 is 14.3 Å². The zero-order valence-electron chi connectivity index (χ0n) is 10.1. The van der Waals surface area contributed by atoms with E-state index in [-0.39, 0.29) is 5.02 Å². The summed E-state index contributed by atoms with van der Waals surface area (Å²) in [6.07, 6.45) is 0.606. The van der Waals surface area contributed by atoms with Gasteiger partial charge >= 0.3 is 5.97 Å². The van der Waals surface area contributed by atoms with Gasteiger partial charge < -0.3 is 5.11 Å². The molecule has 5 heteroatoms. The third-order valence-electron chi connectivity index (χ3n) is 3.49. The molecule has 1 N–H and O–H groups in total. The Bertz CT molecular complexity index is 480. The fraction of sp³-hybridized carbons (Fsp3) is 0.462. The van der Waals surface area contributed by atoms with Gasteiger partial charge in [-0.25, -0.2) is 4.39 Å². The molecular weight excluding hydrogens is 257 g/mol. The zero-order valence-corrected chi connectivity index (χ0v) is 10.9. The molecule has 0 aromatic heterocycles. The molecule has 1 fully saturated rings. The number of aliphatic carboxylic acids is 1. The summed E-state index contributed by atoms with van der Waals surface area (Å²) in [5.74, 6) is -1.22. The van der Waals surface area contributed by atoms with Gasteiger partial charge in [-0.1, -0.05) is 23.7 Å². The zero-order chi connectivity index (χ0) is 13.3. The minimum Gasteiger partial charge on any atom is -0.481 e. The van der Waals surface area contributed by atoms with E-state index in [1.807, 2.05) is 4.90 Å². The number of carboxylic acid groups (broad SMARTS) is 1. The van der Waals surface area contributed by atoms with Crippen molar-refractivity contribution in [2.75, 3.05) is 13.1 Å². The maximum absolute atomic E-state index is 13.3. The Hall–Kier alpha value is -1.13. The average molecular weight is 272 g/mol. The van der Waals surface area contributed by atoms with Crippen molar-refractivity contribution in [3.05, 3.63) is 34.6 Å². The molecule has 2 rings (SSSR count). The molecule has 0 saturated carbocycles. The Kier molecular flexibility index (Phi) is 3.59. The van der Waals surface area contributed by atoms with Crippen molar-refractivity contribution >= 4 is 17.6 Å². The van der Waals surface area contributed by atoms with Crippen LogP contribution in [0, 0.1) is 11.2 Å². The van der Waals surface area contributed by atoms with Crippen LogP contribution < -0.4 is 0 Å². The third kappa shape index (κ3) is 2.49. The molecule has 1 aliphatic heterocycles. The van der Waals surface area contributed by atoms with Gasteiger partial charge in [-0.2, -0.15) is 0 Å². The van der Waals surface area contributed by atoms with Crippen LogP contribution >= 0.6 is 11.6 Å². The van der Waals surface area contributed by atoms with E-state index in [9.17, 15) is 9.18 Å². The minimum atomic E-state index is -0.782. The Balaban J connectivity index is 2.08. The molecule has 0 bridgehead atoms. The minimum absolute atomic E-state index is 0.126. The van der Waals surface area contributed by atoms with Gasteiger partial charge in [0.05, 0.1) is 10.4 Å². The van der Waals surface area contributed by atoms with E-state index in [1.54, 1.807) is 19.1 Å². The molecule has 98 valence electrons. The van der Waals surface area contributed by atoms with Crippen molar-refractivity contribution in [1.29, 1.82) is 0 Å². The number of rotatable bonds is 3. The van der Waals surface area contributed by atoms with Crippen LogP contribution in [0.15, 0.2) is 18.2 Å². The van der Waals surface area contributed by atoms with Crippen molar-refractivity contribution in [3.63, 3.8) is 0 Å². The van der Waals surface area contributed by atoms with Crippen LogP contribution in [0.1, 0.15) is 18.9 Å². The van der Waals surface area contributed by atoms with Gasteiger partial charge in [0.2, 0.25) is 0 Å². The van der Waals surface area contributed by atoms with E-state index >= 15 is 0 Å². The van der Waals surface area contributed by atoms with Crippen LogP contribution in [0.25, 0.3) is 0 Å². The first kappa shape index (κ1) is 13.3. The first-order valence-electron chi connectivity index (χ1n) is 5.81. The maximum atomic E-state index is 13.3. The van der Waals surface area contributed by atoms with Gasteiger partial charge in [0.15, 0.2) is 0 Å². The lowest BCUT2D eigenvalue weighted by Gasteiger charge is -2.20. The summed E-state index contributed by atoms with van der Waals surface area (Å²) in [7, 11) is 0. The van der Waals surface area contributed by atoms with Crippen LogP contribution in [0.2, 0.25) is 5.02 Å². The molecule has 1 heterocycles. The summed E-state index contributed by atoms with van der Waals surface area (Å²) in [6.45, 7) is 3.38. The predicted octanol–water partition coefficient (Wildman–Crippen LogP) is 2.78. The summed E-state index contributed by atoms with van der Waals surface area (Å²) < 4.78 is 13.3. The SMILES string of the molecule is CC1(C(=O)O)CCN(Cc2cccc(F)c2Cl)C1. The first-order chi connectivity index (χ1) is 8.42. The molecule has 1 aromatic carbocycles. The van der Waals surface area contributed by atoms with Gasteiger partial charge in [-0.15, -0.1) is 0 Å². The smallest absolute Gasteiger partial charge is 0.310 e. The molecule has 0 aliphatic carbocycles. The topological polar surface area (TPSA) is 40.5 Å². The monoisotopic (exact) mass is 271 g/mol. The molecule has 0 spiro atoms. The second kappa shape index (κ2) is 4.86. The van der Waals surface area contributed by atoms with Gasteiger partial charge in [-0.3, -0.25) is 9.69 Å². The number of carboxylic acids is 1. The van der Waals surface area contributed by atoms with Crippen LogP contribution in [0.5, 0.6) is 0 Å². The van der Waals surface area contributed by atoms with E-state index in [0.29, 0.717) is 31.6 Å². The Morgan fingerprint density at radius 2 is 2.33 bits per heavy atom. The van der Waals surface area contributed by atoms with Gasteiger partial charge in [-0.05, 0) is 31.5 Å². The summed E-state index contributed by atoms with van der Waals surface area (Å²) in [5, 5.41) is 9.27. The standard InChI is InChI=1S/C13H15ClFNO2/c1-13(12(17)18)5-6-16(8-13)7-9-3-2-4-10(15)11(9)14/h2-4H,5-8H2,1H3,(H,17,18). The first-order valence-corrected chi connectivity index (χ1v) is 6.19. The van der Waals surface area contributed by atoms with Crippen LogP contribution in [0.4, 0.5) is 4.39 Å². The highest BCUT2D eigenvalue weighted by Gasteiger charge is 2.40. The molecule has 1 aliphatic rings. The van der Waals surface area contributed by atoms with E-state index in [4.69, 9.17) is 16.7 Å². The molecule has 1 unspecified atom stereocenters. The van der Waals surface area contributed by atoms with Gasteiger partial charge in [0.25, 0.3) is 0 Å². The highest BCUT2D eigenvalue weighted by Crippen LogP contribution is 2.32. The number of likely N-dealkylation sites (tertiary alicyclic amines) is 1. The van der Waals surface area contributed by atoms with Crippen LogP contribution in [-0.4, -0.2) is 29.1 Å². The van der Waals surface area contributed by atoms with E-state index in [2.05, 4.69) is 0 Å². The fourth-order valence-electron chi connectivity index (χ4n) is 2.28. The van der Waals surface area contributed by atoms with Crippen LogP contribution in [-0.2, 0) is 11.3 Å². The summed E-state index contributed by atoms with van der Waals surface area (Å²) in [5.41, 5.74) is -0.00825. The van der Waals surface area contributed by atoms with Crippen molar-refractivity contribution in [2.24, 2.45) is 5.41 Å². The average Bonchev–Trinajstić information content (AvgIpc) is 2.68.